The van der Waals surface area contributed by atoms with Crippen molar-refractivity contribution in [3.05, 3.63) is 0 Å². The number of hydrogen-bond donors (Lipinski definition) is 1. The molecule has 0 saturated carbocycles. The van der Waals surface area contributed by atoms with Crippen LogP contribution in [0.5, 0.6) is 0 Å². The lowest BCUT2D eigenvalue weighted by molar-refractivity contribution is -0.151. The second-order valence-corrected chi connectivity index (χ2v) is 6.91. The molecule has 2 fully saturated rings. The molecule has 0 atom stereocenters. The van der Waals surface area contributed by atoms with Crippen molar-refractivity contribution in [2.75, 3.05) is 65.5 Å². The zero-order valence-electron chi connectivity index (χ0n) is 16.0. The molecule has 2 aliphatic rings. The number of hydrogen-bond acceptors (Lipinski definition) is 6. The first-order valence-electron chi connectivity index (χ1n) is 9.69. The number of rotatable bonds is 7. The summed E-state index contributed by atoms with van der Waals surface area (Å²) in [5, 5.41) is 2.81. The number of piperazine rings is 1. The van der Waals surface area contributed by atoms with Gasteiger partial charge in [0, 0.05) is 45.8 Å². The third-order valence-corrected chi connectivity index (χ3v) is 5.03. The Morgan fingerprint density at radius 2 is 1.50 bits per heavy atom. The first-order chi connectivity index (χ1) is 12.5. The van der Waals surface area contributed by atoms with Crippen molar-refractivity contribution < 1.29 is 19.1 Å². The highest BCUT2D eigenvalue weighted by atomic mass is 16.5. The maximum absolute atomic E-state index is 12.5. The Morgan fingerprint density at radius 1 is 0.923 bits per heavy atom. The Kier molecular flexibility index (Phi) is 8.31. The normalized spacial score (nSPS) is 20.0. The molecule has 0 unspecified atom stereocenters. The molecule has 0 bridgehead atoms. The molecule has 8 nitrogen and oxygen atoms in total. The van der Waals surface area contributed by atoms with Crippen LogP contribution in [-0.4, -0.2) is 98.0 Å². The minimum atomic E-state index is -0.136. The van der Waals surface area contributed by atoms with Crippen LogP contribution in [-0.2, 0) is 19.1 Å². The fraction of sp³-hybridized carbons (Fsp3) is 0.833. The van der Waals surface area contributed by atoms with Crippen molar-refractivity contribution in [3.63, 3.8) is 0 Å². The highest BCUT2D eigenvalue weighted by Gasteiger charge is 2.29. The molecular formula is C18H32N4O4. The third kappa shape index (κ3) is 6.25. The maximum atomic E-state index is 12.5. The van der Waals surface area contributed by atoms with Crippen LogP contribution in [0.3, 0.4) is 0 Å². The van der Waals surface area contributed by atoms with Gasteiger partial charge in [0.05, 0.1) is 25.6 Å². The molecule has 0 aromatic rings. The van der Waals surface area contributed by atoms with Crippen molar-refractivity contribution in [3.8, 4) is 0 Å². The van der Waals surface area contributed by atoms with E-state index in [4.69, 9.17) is 4.74 Å². The van der Waals surface area contributed by atoms with Crippen molar-refractivity contribution >= 4 is 17.8 Å². The molecule has 2 saturated heterocycles. The van der Waals surface area contributed by atoms with E-state index < -0.39 is 0 Å². The van der Waals surface area contributed by atoms with E-state index in [0.29, 0.717) is 52.2 Å². The van der Waals surface area contributed by atoms with Crippen LogP contribution in [0, 0.1) is 5.92 Å². The number of carbonyl (C=O) groups excluding carboxylic acids is 3. The quantitative estimate of drug-likeness (QED) is 0.613. The summed E-state index contributed by atoms with van der Waals surface area (Å²) in [7, 11) is 0. The Balaban J connectivity index is 1.66. The molecule has 0 aliphatic carbocycles. The van der Waals surface area contributed by atoms with Gasteiger partial charge in [0.2, 0.25) is 11.8 Å². The van der Waals surface area contributed by atoms with Gasteiger partial charge in [-0.15, -0.1) is 0 Å². The number of nitrogens with zero attached hydrogens (tertiary/aromatic N) is 3. The van der Waals surface area contributed by atoms with Gasteiger partial charge < -0.3 is 15.0 Å². The zero-order chi connectivity index (χ0) is 18.9. The SMILES string of the molecule is CCNC(=O)CN1CCN(CC(=O)N2CCC(C(=O)OCC)CC2)CC1. The van der Waals surface area contributed by atoms with E-state index in [2.05, 4.69) is 15.1 Å². The van der Waals surface area contributed by atoms with Crippen LogP contribution in [0.15, 0.2) is 0 Å². The van der Waals surface area contributed by atoms with E-state index in [1.807, 2.05) is 18.7 Å². The first-order valence-corrected chi connectivity index (χ1v) is 9.69. The molecular weight excluding hydrogens is 336 g/mol. The van der Waals surface area contributed by atoms with Gasteiger partial charge in [-0.05, 0) is 26.7 Å². The van der Waals surface area contributed by atoms with Gasteiger partial charge in [-0.25, -0.2) is 0 Å². The molecule has 0 aromatic heterocycles. The highest BCUT2D eigenvalue weighted by Crippen LogP contribution is 2.19. The molecule has 148 valence electrons. The summed E-state index contributed by atoms with van der Waals surface area (Å²) in [6.45, 7) is 10.1. The largest absolute Gasteiger partial charge is 0.466 e. The second-order valence-electron chi connectivity index (χ2n) is 6.91. The van der Waals surface area contributed by atoms with E-state index in [0.717, 1.165) is 26.2 Å². The zero-order valence-corrected chi connectivity index (χ0v) is 16.0. The molecule has 2 rings (SSSR count). The maximum Gasteiger partial charge on any atom is 0.309 e. The van der Waals surface area contributed by atoms with E-state index in [1.54, 1.807) is 0 Å². The Bertz CT molecular complexity index is 484. The smallest absolute Gasteiger partial charge is 0.309 e. The van der Waals surface area contributed by atoms with E-state index >= 15 is 0 Å². The van der Waals surface area contributed by atoms with Crippen molar-refractivity contribution in [1.82, 2.24) is 20.0 Å². The number of amides is 2. The minimum absolute atomic E-state index is 0.0569. The van der Waals surface area contributed by atoms with E-state index in [9.17, 15) is 14.4 Å². The first kappa shape index (κ1) is 20.6. The van der Waals surface area contributed by atoms with Gasteiger partial charge in [-0.2, -0.15) is 0 Å². The average Bonchev–Trinajstić information content (AvgIpc) is 2.64. The van der Waals surface area contributed by atoms with Gasteiger partial charge in [0.25, 0.3) is 0 Å². The summed E-state index contributed by atoms with van der Waals surface area (Å²) in [5.41, 5.74) is 0. The molecule has 0 radical (unpaired) electrons. The molecule has 2 amide bonds. The van der Waals surface area contributed by atoms with Crippen LogP contribution < -0.4 is 5.32 Å². The second kappa shape index (κ2) is 10.5. The lowest BCUT2D eigenvalue weighted by Gasteiger charge is -2.36. The molecule has 2 heterocycles. The van der Waals surface area contributed by atoms with Crippen LogP contribution in [0.2, 0.25) is 0 Å². The van der Waals surface area contributed by atoms with Crippen LogP contribution in [0.1, 0.15) is 26.7 Å². The van der Waals surface area contributed by atoms with E-state index in [-0.39, 0.29) is 23.7 Å². The topological polar surface area (TPSA) is 82.2 Å². The number of esters is 1. The summed E-state index contributed by atoms with van der Waals surface area (Å²) in [4.78, 5) is 42.0. The summed E-state index contributed by atoms with van der Waals surface area (Å²) >= 11 is 0. The van der Waals surface area contributed by atoms with Gasteiger partial charge in [0.15, 0.2) is 0 Å². The lowest BCUT2D eigenvalue weighted by atomic mass is 9.97. The van der Waals surface area contributed by atoms with E-state index in [1.165, 1.54) is 0 Å². The van der Waals surface area contributed by atoms with Crippen LogP contribution >= 0.6 is 0 Å². The molecule has 0 spiro atoms. The summed E-state index contributed by atoms with van der Waals surface area (Å²) in [6.07, 6.45) is 1.37. The lowest BCUT2D eigenvalue weighted by Crippen LogP contribution is -2.52. The molecule has 8 heteroatoms. The predicted molar refractivity (Wildman–Crippen MR) is 97.5 cm³/mol. The Morgan fingerprint density at radius 3 is 2.04 bits per heavy atom. The van der Waals surface area contributed by atoms with Crippen molar-refractivity contribution in [2.24, 2.45) is 5.92 Å². The Labute approximate surface area is 155 Å². The number of ether oxygens (including phenoxy) is 1. The van der Waals surface area contributed by atoms with Crippen molar-refractivity contribution in [1.29, 1.82) is 0 Å². The van der Waals surface area contributed by atoms with Crippen molar-refractivity contribution in [2.45, 2.75) is 26.7 Å². The average molecular weight is 368 g/mol. The number of likely N-dealkylation sites (N-methyl/N-ethyl adjacent to an activating group) is 1. The molecule has 1 N–H and O–H groups in total. The monoisotopic (exact) mass is 368 g/mol. The number of piperidine rings is 1. The third-order valence-electron chi connectivity index (χ3n) is 5.03. The number of nitrogens with one attached hydrogen (secondary N) is 1. The summed E-state index contributed by atoms with van der Waals surface area (Å²) in [6, 6.07) is 0. The number of carbonyl (C=O) groups is 3. The fourth-order valence-electron chi connectivity index (χ4n) is 3.48. The molecule has 0 aromatic carbocycles. The van der Waals surface area contributed by atoms with Gasteiger partial charge in [-0.1, -0.05) is 0 Å². The van der Waals surface area contributed by atoms with Gasteiger partial charge >= 0.3 is 5.97 Å². The summed E-state index contributed by atoms with van der Waals surface area (Å²) < 4.78 is 5.07. The summed E-state index contributed by atoms with van der Waals surface area (Å²) in [5.74, 6) is -0.0226. The molecule has 26 heavy (non-hydrogen) atoms. The standard InChI is InChI=1S/C18H32N4O4/c1-3-19-16(23)13-20-9-11-21(12-10-20)14-17(24)22-7-5-15(6-8-22)18(25)26-4-2/h15H,3-14H2,1-2H3,(H,19,23). The van der Waals surface area contributed by atoms with Crippen LogP contribution in [0.4, 0.5) is 0 Å². The van der Waals surface area contributed by atoms with Crippen LogP contribution in [0.25, 0.3) is 0 Å². The number of likely N-dealkylation sites (tertiary alicyclic amines) is 1. The predicted octanol–water partition coefficient (Wildman–Crippen LogP) is -0.458. The Hall–Kier alpha value is -1.67. The van der Waals surface area contributed by atoms with Gasteiger partial charge in [0.1, 0.15) is 0 Å². The minimum Gasteiger partial charge on any atom is -0.466 e. The highest BCUT2D eigenvalue weighted by molar-refractivity contribution is 5.79. The molecule has 2 aliphatic heterocycles. The fourth-order valence-corrected chi connectivity index (χ4v) is 3.48. The van der Waals surface area contributed by atoms with Gasteiger partial charge in [-0.3, -0.25) is 24.2 Å².